The first kappa shape index (κ1) is 20.4. The van der Waals surface area contributed by atoms with Crippen LogP contribution in [0.1, 0.15) is 38.9 Å². The minimum absolute atomic E-state index is 0.00590. The summed E-state index contributed by atoms with van der Waals surface area (Å²) >= 11 is 0. The van der Waals surface area contributed by atoms with Crippen LogP contribution in [0, 0.1) is 0 Å². The summed E-state index contributed by atoms with van der Waals surface area (Å²) in [7, 11) is 0. The predicted octanol–water partition coefficient (Wildman–Crippen LogP) is 3.59. The van der Waals surface area contributed by atoms with E-state index in [9.17, 15) is 9.90 Å². The van der Waals surface area contributed by atoms with Gasteiger partial charge in [0.2, 0.25) is 5.91 Å². The Bertz CT molecular complexity index is 1020. The number of carbonyl (C=O) groups is 1. The number of hydrogen-bond donors (Lipinski definition) is 1. The minimum Gasteiger partial charge on any atom is -0.491 e. The highest BCUT2D eigenvalue weighted by Crippen LogP contribution is 2.34. The molecule has 1 amide bonds. The van der Waals surface area contributed by atoms with Crippen LogP contribution >= 0.6 is 0 Å². The molecule has 2 heterocycles. The van der Waals surface area contributed by atoms with E-state index in [1.54, 1.807) is 0 Å². The number of benzene rings is 2. The molecule has 0 unspecified atom stereocenters. The number of ether oxygens (including phenoxy) is 1. The van der Waals surface area contributed by atoms with E-state index < -0.39 is 6.10 Å². The SMILES string of the molecule is CC(C)(C)N1C[C@H](c2nc3ccccc3n2C[C@H](O)COc2ccccc2)CC1=O. The second-order valence-corrected chi connectivity index (χ2v) is 8.92. The molecule has 30 heavy (non-hydrogen) atoms. The van der Waals surface area contributed by atoms with Crippen molar-refractivity contribution in [2.45, 2.75) is 51.3 Å². The first-order chi connectivity index (χ1) is 14.3. The molecule has 1 fully saturated rings. The number of fused-ring (bicyclic) bond motifs is 1. The topological polar surface area (TPSA) is 67.6 Å². The van der Waals surface area contributed by atoms with E-state index >= 15 is 0 Å². The van der Waals surface area contributed by atoms with Crippen molar-refractivity contribution < 1.29 is 14.6 Å². The summed E-state index contributed by atoms with van der Waals surface area (Å²) in [6.45, 7) is 7.36. The molecule has 6 heteroatoms. The van der Waals surface area contributed by atoms with Crippen LogP contribution in [-0.4, -0.2) is 50.3 Å². The molecule has 4 rings (SSSR count). The Morgan fingerprint density at radius 3 is 2.53 bits per heavy atom. The fourth-order valence-corrected chi connectivity index (χ4v) is 4.10. The Morgan fingerprint density at radius 2 is 1.83 bits per heavy atom. The van der Waals surface area contributed by atoms with Gasteiger partial charge in [-0.1, -0.05) is 30.3 Å². The Balaban J connectivity index is 1.57. The van der Waals surface area contributed by atoms with Crippen molar-refractivity contribution in [3.63, 3.8) is 0 Å². The van der Waals surface area contributed by atoms with Crippen LogP contribution in [0.5, 0.6) is 5.75 Å². The van der Waals surface area contributed by atoms with Crippen LogP contribution in [-0.2, 0) is 11.3 Å². The quantitative estimate of drug-likeness (QED) is 0.678. The number of amides is 1. The molecule has 0 spiro atoms. The monoisotopic (exact) mass is 407 g/mol. The third-order valence-electron chi connectivity index (χ3n) is 5.56. The van der Waals surface area contributed by atoms with Gasteiger partial charge in [0.15, 0.2) is 0 Å². The van der Waals surface area contributed by atoms with Gasteiger partial charge in [-0.3, -0.25) is 4.79 Å². The fraction of sp³-hybridized carbons (Fsp3) is 0.417. The molecular weight excluding hydrogens is 378 g/mol. The van der Waals surface area contributed by atoms with E-state index in [1.807, 2.05) is 59.5 Å². The van der Waals surface area contributed by atoms with Gasteiger partial charge in [-0.05, 0) is 45.0 Å². The second kappa shape index (κ2) is 8.11. The van der Waals surface area contributed by atoms with Crippen molar-refractivity contribution in [1.29, 1.82) is 0 Å². The first-order valence-electron chi connectivity index (χ1n) is 10.4. The van der Waals surface area contributed by atoms with Crippen molar-refractivity contribution >= 4 is 16.9 Å². The molecule has 2 aromatic carbocycles. The third-order valence-corrected chi connectivity index (χ3v) is 5.56. The summed E-state index contributed by atoms with van der Waals surface area (Å²) in [5.74, 6) is 1.75. The molecular formula is C24H29N3O3. The lowest BCUT2D eigenvalue weighted by atomic mass is 10.1. The molecule has 2 atom stereocenters. The first-order valence-corrected chi connectivity index (χ1v) is 10.4. The molecule has 6 nitrogen and oxygen atoms in total. The van der Waals surface area contributed by atoms with E-state index in [4.69, 9.17) is 9.72 Å². The van der Waals surface area contributed by atoms with Crippen LogP contribution in [0.3, 0.4) is 0 Å². The molecule has 0 saturated carbocycles. The lowest BCUT2D eigenvalue weighted by Gasteiger charge is -2.32. The van der Waals surface area contributed by atoms with Gasteiger partial charge in [-0.2, -0.15) is 0 Å². The van der Waals surface area contributed by atoms with Gasteiger partial charge in [0, 0.05) is 24.4 Å². The van der Waals surface area contributed by atoms with Crippen LogP contribution < -0.4 is 4.74 Å². The third kappa shape index (κ3) is 4.19. The Kier molecular flexibility index (Phi) is 5.52. The summed E-state index contributed by atoms with van der Waals surface area (Å²) in [4.78, 5) is 19.4. The largest absolute Gasteiger partial charge is 0.491 e. The Hall–Kier alpha value is -2.86. The van der Waals surface area contributed by atoms with Crippen LogP contribution in [0.4, 0.5) is 0 Å². The second-order valence-electron chi connectivity index (χ2n) is 8.92. The molecule has 1 aliphatic rings. The summed E-state index contributed by atoms with van der Waals surface area (Å²) in [6.07, 6.45) is -0.255. The average molecular weight is 408 g/mol. The smallest absolute Gasteiger partial charge is 0.223 e. The highest BCUT2D eigenvalue weighted by molar-refractivity contribution is 5.81. The summed E-state index contributed by atoms with van der Waals surface area (Å²) in [6, 6.07) is 17.4. The number of imidazole rings is 1. The summed E-state index contributed by atoms with van der Waals surface area (Å²) in [5, 5.41) is 10.7. The number of hydrogen-bond acceptors (Lipinski definition) is 4. The van der Waals surface area contributed by atoms with Crippen molar-refractivity contribution in [2.24, 2.45) is 0 Å². The van der Waals surface area contributed by atoms with Gasteiger partial charge >= 0.3 is 0 Å². The maximum atomic E-state index is 12.6. The number of nitrogens with zero attached hydrogens (tertiary/aromatic N) is 3. The average Bonchev–Trinajstić information content (AvgIpc) is 3.28. The number of carbonyl (C=O) groups excluding carboxylic acids is 1. The molecule has 3 aromatic rings. The van der Waals surface area contributed by atoms with E-state index in [0.29, 0.717) is 19.5 Å². The number of likely N-dealkylation sites (tertiary alicyclic amines) is 1. The number of rotatable bonds is 6. The number of aliphatic hydroxyl groups excluding tert-OH is 1. The zero-order valence-corrected chi connectivity index (χ0v) is 17.8. The van der Waals surface area contributed by atoms with E-state index in [1.165, 1.54) is 0 Å². The van der Waals surface area contributed by atoms with Gasteiger partial charge in [0.1, 0.15) is 24.3 Å². The van der Waals surface area contributed by atoms with Crippen LogP contribution in [0.15, 0.2) is 54.6 Å². The van der Waals surface area contributed by atoms with E-state index in [-0.39, 0.29) is 24.0 Å². The van der Waals surface area contributed by atoms with Gasteiger partial charge in [0.05, 0.1) is 17.6 Å². The Labute approximate surface area is 177 Å². The summed E-state index contributed by atoms with van der Waals surface area (Å²) in [5.41, 5.74) is 1.63. The molecule has 1 saturated heterocycles. The van der Waals surface area contributed by atoms with E-state index in [0.717, 1.165) is 22.6 Å². The predicted molar refractivity (Wildman–Crippen MR) is 117 cm³/mol. The zero-order valence-electron chi connectivity index (χ0n) is 17.8. The number of para-hydroxylation sites is 3. The van der Waals surface area contributed by atoms with Crippen molar-refractivity contribution in [2.75, 3.05) is 13.2 Å². The standard InChI is InChI=1S/C24H29N3O3/c1-24(2,3)27-14-17(13-22(27)29)23-25-20-11-7-8-12-21(20)26(23)15-18(28)16-30-19-9-5-4-6-10-19/h4-12,17-18,28H,13-16H2,1-3H3/t17-,18+/m1/s1. The van der Waals surface area contributed by atoms with Gasteiger partial charge in [0.25, 0.3) is 0 Å². The molecule has 1 aliphatic heterocycles. The molecule has 0 aliphatic carbocycles. The molecule has 1 aromatic heterocycles. The molecule has 0 radical (unpaired) electrons. The molecule has 158 valence electrons. The highest BCUT2D eigenvalue weighted by atomic mass is 16.5. The zero-order chi connectivity index (χ0) is 21.3. The van der Waals surface area contributed by atoms with E-state index in [2.05, 4.69) is 25.3 Å². The van der Waals surface area contributed by atoms with Crippen LogP contribution in [0.25, 0.3) is 11.0 Å². The maximum absolute atomic E-state index is 12.6. The normalized spacial score (nSPS) is 18.2. The van der Waals surface area contributed by atoms with Gasteiger partial charge in [-0.15, -0.1) is 0 Å². The summed E-state index contributed by atoms with van der Waals surface area (Å²) < 4.78 is 7.78. The van der Waals surface area contributed by atoms with Gasteiger partial charge in [-0.25, -0.2) is 4.98 Å². The highest BCUT2D eigenvalue weighted by Gasteiger charge is 2.39. The van der Waals surface area contributed by atoms with Crippen LogP contribution in [0.2, 0.25) is 0 Å². The van der Waals surface area contributed by atoms with Gasteiger partial charge < -0.3 is 19.3 Å². The fourth-order valence-electron chi connectivity index (χ4n) is 4.10. The number of aliphatic hydroxyl groups is 1. The molecule has 1 N–H and O–H groups in total. The van der Waals surface area contributed by atoms with Crippen molar-refractivity contribution in [1.82, 2.24) is 14.5 Å². The lowest BCUT2D eigenvalue weighted by molar-refractivity contribution is -0.131. The van der Waals surface area contributed by atoms with Crippen molar-refractivity contribution in [3.8, 4) is 5.75 Å². The Morgan fingerprint density at radius 1 is 1.13 bits per heavy atom. The lowest BCUT2D eigenvalue weighted by Crippen LogP contribution is -2.42. The maximum Gasteiger partial charge on any atom is 0.223 e. The number of aromatic nitrogens is 2. The van der Waals surface area contributed by atoms with Crippen molar-refractivity contribution in [3.05, 3.63) is 60.4 Å². The molecule has 0 bridgehead atoms. The minimum atomic E-state index is -0.697.